The second-order valence-electron chi connectivity index (χ2n) is 7.56. The van der Waals surface area contributed by atoms with Crippen LogP contribution >= 0.6 is 0 Å². The molecule has 1 fully saturated rings. The maximum atomic E-state index is 13.2. The number of rotatable bonds is 6. The van der Waals surface area contributed by atoms with E-state index in [1.807, 2.05) is 17.0 Å². The number of carbonyl (C=O) groups excluding carboxylic acids is 1. The fraction of sp³-hybridized carbons (Fsp3) is 0.292. The van der Waals surface area contributed by atoms with Crippen LogP contribution in [0.15, 0.2) is 54.9 Å². The third-order valence-electron chi connectivity index (χ3n) is 5.63. The van der Waals surface area contributed by atoms with Crippen molar-refractivity contribution >= 4 is 17.4 Å². The predicted molar refractivity (Wildman–Crippen MR) is 119 cm³/mol. The summed E-state index contributed by atoms with van der Waals surface area (Å²) in [5.74, 6) is 1.39. The second-order valence-corrected chi connectivity index (χ2v) is 7.56. The number of methoxy groups -OCH3 is 2. The van der Waals surface area contributed by atoms with Crippen LogP contribution in [0.2, 0.25) is 0 Å². The quantitative estimate of drug-likeness (QED) is 0.617. The lowest BCUT2D eigenvalue weighted by molar-refractivity contribution is 0.0705. The van der Waals surface area contributed by atoms with Gasteiger partial charge in [-0.15, -0.1) is 0 Å². The van der Waals surface area contributed by atoms with Crippen LogP contribution in [0.5, 0.6) is 11.5 Å². The predicted octanol–water partition coefficient (Wildman–Crippen LogP) is 4.40. The topological polar surface area (TPSA) is 76.6 Å². The second kappa shape index (κ2) is 9.64. The number of aromatic nitrogens is 2. The highest BCUT2D eigenvalue weighted by molar-refractivity contribution is 5.99. The van der Waals surface area contributed by atoms with Crippen LogP contribution in [-0.2, 0) is 0 Å². The first kappa shape index (κ1) is 21.5. The molecule has 1 aliphatic rings. The monoisotopic (exact) mass is 436 g/mol. The average Bonchev–Trinajstić information content (AvgIpc) is 2.85. The lowest BCUT2D eigenvalue weighted by Crippen LogP contribution is -2.38. The Morgan fingerprint density at radius 1 is 1.00 bits per heavy atom. The van der Waals surface area contributed by atoms with Gasteiger partial charge in [-0.25, -0.2) is 9.37 Å². The molecule has 1 aromatic carbocycles. The highest BCUT2D eigenvalue weighted by Gasteiger charge is 2.28. The molecule has 0 spiro atoms. The average molecular weight is 436 g/mol. The summed E-state index contributed by atoms with van der Waals surface area (Å²) in [4.78, 5) is 23.6. The number of hydrogen-bond donors (Lipinski definition) is 1. The molecule has 4 rings (SSSR count). The van der Waals surface area contributed by atoms with Crippen LogP contribution in [0, 0.1) is 5.82 Å². The summed E-state index contributed by atoms with van der Waals surface area (Å²) < 4.78 is 23.8. The van der Waals surface area contributed by atoms with Crippen LogP contribution in [0.4, 0.5) is 15.9 Å². The van der Waals surface area contributed by atoms with Gasteiger partial charge in [-0.05, 0) is 49.2 Å². The molecule has 0 unspecified atom stereocenters. The van der Waals surface area contributed by atoms with Crippen molar-refractivity contribution in [2.24, 2.45) is 0 Å². The number of piperidine rings is 1. The highest BCUT2D eigenvalue weighted by atomic mass is 19.1. The fourth-order valence-corrected chi connectivity index (χ4v) is 3.92. The van der Waals surface area contributed by atoms with Gasteiger partial charge in [0.1, 0.15) is 28.7 Å². The number of halogens is 1. The number of likely N-dealkylation sites (tertiary alicyclic amines) is 1. The van der Waals surface area contributed by atoms with Crippen molar-refractivity contribution in [3.8, 4) is 11.5 Å². The van der Waals surface area contributed by atoms with Crippen LogP contribution in [0.3, 0.4) is 0 Å². The van der Waals surface area contributed by atoms with Gasteiger partial charge in [0.2, 0.25) is 0 Å². The molecule has 1 N–H and O–H groups in total. The first-order valence-electron chi connectivity index (χ1n) is 10.4. The van der Waals surface area contributed by atoms with E-state index in [9.17, 15) is 9.18 Å². The minimum absolute atomic E-state index is 0.0861. The molecule has 1 saturated heterocycles. The number of amides is 1. The summed E-state index contributed by atoms with van der Waals surface area (Å²) in [6.07, 6.45) is 4.56. The minimum Gasteiger partial charge on any atom is -0.496 e. The Labute approximate surface area is 186 Å². The molecule has 1 amide bonds. The van der Waals surface area contributed by atoms with Crippen molar-refractivity contribution in [3.63, 3.8) is 0 Å². The normalized spacial score (nSPS) is 14.2. The molecule has 166 valence electrons. The Bertz CT molecular complexity index is 1040. The molecular formula is C24H25FN4O3. The van der Waals surface area contributed by atoms with Crippen LogP contribution in [0.25, 0.3) is 0 Å². The number of benzene rings is 1. The van der Waals surface area contributed by atoms with E-state index >= 15 is 0 Å². The van der Waals surface area contributed by atoms with Crippen LogP contribution in [-0.4, -0.2) is 48.1 Å². The zero-order chi connectivity index (χ0) is 22.5. The summed E-state index contributed by atoms with van der Waals surface area (Å²) >= 11 is 0. The maximum absolute atomic E-state index is 13.2. The van der Waals surface area contributed by atoms with Gasteiger partial charge in [0, 0.05) is 24.7 Å². The summed E-state index contributed by atoms with van der Waals surface area (Å²) in [6.45, 7) is 1.26. The van der Waals surface area contributed by atoms with Gasteiger partial charge < -0.3 is 19.7 Å². The molecule has 32 heavy (non-hydrogen) atoms. The van der Waals surface area contributed by atoms with E-state index in [4.69, 9.17) is 9.47 Å². The molecule has 0 bridgehead atoms. The first-order chi connectivity index (χ1) is 15.6. The van der Waals surface area contributed by atoms with Crippen molar-refractivity contribution in [1.29, 1.82) is 0 Å². The van der Waals surface area contributed by atoms with Crippen molar-refractivity contribution in [3.05, 3.63) is 71.9 Å². The Morgan fingerprint density at radius 2 is 1.72 bits per heavy atom. The van der Waals surface area contributed by atoms with Crippen molar-refractivity contribution < 1.29 is 18.7 Å². The van der Waals surface area contributed by atoms with Gasteiger partial charge >= 0.3 is 0 Å². The van der Waals surface area contributed by atoms with E-state index in [0.717, 1.165) is 24.2 Å². The lowest BCUT2D eigenvalue weighted by atomic mass is 9.92. The molecular weight excluding hydrogens is 411 g/mol. The molecule has 7 nitrogen and oxygen atoms in total. The van der Waals surface area contributed by atoms with Crippen molar-refractivity contribution in [2.75, 3.05) is 32.6 Å². The third kappa shape index (κ3) is 4.64. The summed E-state index contributed by atoms with van der Waals surface area (Å²) in [5, 5.41) is 3.11. The van der Waals surface area contributed by atoms with Gasteiger partial charge in [-0.1, -0.05) is 6.07 Å². The molecule has 0 atom stereocenters. The largest absolute Gasteiger partial charge is 0.496 e. The maximum Gasteiger partial charge on any atom is 0.261 e. The van der Waals surface area contributed by atoms with Gasteiger partial charge in [-0.3, -0.25) is 9.78 Å². The Hall–Kier alpha value is -3.68. The molecule has 3 heterocycles. The van der Waals surface area contributed by atoms with Gasteiger partial charge in [0.25, 0.3) is 5.91 Å². The van der Waals surface area contributed by atoms with Crippen molar-refractivity contribution in [2.45, 2.75) is 18.8 Å². The first-order valence-corrected chi connectivity index (χ1v) is 10.4. The molecule has 0 radical (unpaired) electrons. The summed E-state index contributed by atoms with van der Waals surface area (Å²) in [7, 11) is 3.10. The van der Waals surface area contributed by atoms with E-state index in [-0.39, 0.29) is 17.6 Å². The summed E-state index contributed by atoms with van der Waals surface area (Å²) in [5.41, 5.74) is 2.23. The third-order valence-corrected chi connectivity index (χ3v) is 5.63. The molecule has 0 saturated carbocycles. The Morgan fingerprint density at radius 3 is 2.28 bits per heavy atom. The van der Waals surface area contributed by atoms with E-state index in [2.05, 4.69) is 15.3 Å². The zero-order valence-corrected chi connectivity index (χ0v) is 18.0. The molecule has 0 aliphatic carbocycles. The Balaban J connectivity index is 1.38. The molecule has 8 heteroatoms. The number of hydrogen-bond acceptors (Lipinski definition) is 6. The van der Waals surface area contributed by atoms with E-state index in [0.29, 0.717) is 36.0 Å². The van der Waals surface area contributed by atoms with E-state index < -0.39 is 0 Å². The number of anilines is 2. The number of nitrogens with zero attached hydrogens (tertiary/aromatic N) is 3. The molecule has 3 aromatic rings. The highest BCUT2D eigenvalue weighted by Crippen LogP contribution is 2.33. The number of ether oxygens (including phenoxy) is 2. The number of nitrogens with one attached hydrogen (secondary N) is 1. The van der Waals surface area contributed by atoms with Gasteiger partial charge in [-0.2, -0.15) is 0 Å². The summed E-state index contributed by atoms with van der Waals surface area (Å²) in [6, 6.07) is 12.2. The SMILES string of the molecule is COc1cccc(OC)c1C(=O)N1CCC(c2ccc(Nc3ccc(F)cn3)cn2)CC1. The van der Waals surface area contributed by atoms with E-state index in [1.165, 1.54) is 12.3 Å². The van der Waals surface area contributed by atoms with Crippen LogP contribution < -0.4 is 14.8 Å². The number of pyridine rings is 2. The lowest BCUT2D eigenvalue weighted by Gasteiger charge is -2.32. The fourth-order valence-electron chi connectivity index (χ4n) is 3.92. The van der Waals surface area contributed by atoms with Crippen LogP contribution in [0.1, 0.15) is 34.8 Å². The Kier molecular flexibility index (Phi) is 6.49. The molecule has 1 aliphatic heterocycles. The smallest absolute Gasteiger partial charge is 0.261 e. The standard InChI is InChI=1S/C24H25FN4O3/c1-31-20-4-3-5-21(32-2)23(20)24(30)29-12-10-16(11-13-29)19-8-7-18(15-26-19)28-22-9-6-17(25)14-27-22/h3-9,14-16H,10-13H2,1-2H3,(H,27,28). The minimum atomic E-state index is -0.377. The molecule has 2 aromatic heterocycles. The van der Waals surface area contributed by atoms with Crippen molar-refractivity contribution in [1.82, 2.24) is 14.9 Å². The zero-order valence-electron chi connectivity index (χ0n) is 18.0. The van der Waals surface area contributed by atoms with Gasteiger partial charge in [0.15, 0.2) is 0 Å². The van der Waals surface area contributed by atoms with E-state index in [1.54, 1.807) is 44.7 Å². The number of carbonyl (C=O) groups is 1. The van der Waals surface area contributed by atoms with Gasteiger partial charge in [0.05, 0.1) is 32.3 Å².